The third kappa shape index (κ3) is 4.99. The normalized spacial score (nSPS) is 14.3. The largest absolute Gasteiger partial charge is 0.493 e. The summed E-state index contributed by atoms with van der Waals surface area (Å²) in [5.41, 5.74) is 3.44. The molecule has 3 aromatic rings. The Hall–Kier alpha value is -3.20. The summed E-state index contributed by atoms with van der Waals surface area (Å²) < 4.78 is 31.1. The Kier molecular flexibility index (Phi) is 6.55. The van der Waals surface area contributed by atoms with Crippen LogP contribution in [0, 0.1) is 16.3 Å². The topological polar surface area (TPSA) is 57.1 Å². The van der Waals surface area contributed by atoms with E-state index in [4.69, 9.17) is 14.2 Å². The molecule has 1 heterocycles. The Bertz CT molecular complexity index is 1250. The van der Waals surface area contributed by atoms with Gasteiger partial charge in [0.1, 0.15) is 12.4 Å². The number of benzene rings is 3. The van der Waals surface area contributed by atoms with Gasteiger partial charge in [-0.25, -0.2) is 14.2 Å². The molecule has 0 N–H and O–H groups in total. The number of rotatable bonds is 6. The molecule has 0 aliphatic carbocycles. The number of halogens is 2. The van der Waals surface area contributed by atoms with Gasteiger partial charge in [-0.1, -0.05) is 35.9 Å². The molecule has 0 spiro atoms. The lowest BCUT2D eigenvalue weighted by Gasteiger charge is -2.14. The minimum atomic E-state index is -0.599. The van der Waals surface area contributed by atoms with Crippen molar-refractivity contribution in [1.82, 2.24) is 0 Å². The highest BCUT2D eigenvalue weighted by Crippen LogP contribution is 2.35. The number of aryl methyl sites for hydroxylation is 1. The van der Waals surface area contributed by atoms with Gasteiger partial charge in [-0.15, -0.1) is 0 Å². The summed E-state index contributed by atoms with van der Waals surface area (Å²) in [5, 5.41) is 0. The summed E-state index contributed by atoms with van der Waals surface area (Å²) in [7, 11) is 1.56. The van der Waals surface area contributed by atoms with Gasteiger partial charge in [0, 0.05) is 5.56 Å². The number of hydrogen-bond acceptors (Lipinski definition) is 5. The molecule has 0 radical (unpaired) electrons. The zero-order valence-corrected chi connectivity index (χ0v) is 19.6. The van der Waals surface area contributed by atoms with Gasteiger partial charge in [0.05, 0.1) is 10.7 Å². The molecule has 4 rings (SSSR count). The monoisotopic (exact) mass is 543 g/mol. The average Bonchev–Trinajstić information content (AvgIpc) is 3.13. The molecular formula is C25H19FINO4. The van der Waals surface area contributed by atoms with Crippen LogP contribution in [0.2, 0.25) is 0 Å². The molecule has 0 fully saturated rings. The molecule has 0 bridgehead atoms. The van der Waals surface area contributed by atoms with Crippen LogP contribution in [0.1, 0.15) is 22.3 Å². The van der Waals surface area contributed by atoms with Crippen molar-refractivity contribution in [1.29, 1.82) is 0 Å². The number of hydrogen-bond donors (Lipinski definition) is 0. The SMILES string of the molecule is COc1cc(/C=C2\N=C(c3cccc(F)c3)OC2=O)cc(I)c1OCc1cccc(C)c1. The first-order valence-electron chi connectivity index (χ1n) is 9.77. The molecule has 0 saturated carbocycles. The maximum absolute atomic E-state index is 13.5. The van der Waals surface area contributed by atoms with Crippen LogP contribution >= 0.6 is 22.6 Å². The molecule has 5 nitrogen and oxygen atoms in total. The Balaban J connectivity index is 1.59. The fourth-order valence-electron chi connectivity index (χ4n) is 3.23. The molecular weight excluding hydrogens is 524 g/mol. The summed E-state index contributed by atoms with van der Waals surface area (Å²) in [4.78, 5) is 16.5. The van der Waals surface area contributed by atoms with Crippen LogP contribution in [0.25, 0.3) is 6.08 Å². The standard InChI is InChI=1S/C25H19FINO4/c1-15-5-3-6-16(9-15)14-31-23-20(27)10-17(12-22(23)30-2)11-21-25(29)32-24(28-21)18-7-4-8-19(26)13-18/h3-13H,14H2,1-2H3/b21-11-. The van der Waals surface area contributed by atoms with Crippen molar-refractivity contribution in [3.05, 3.63) is 98.0 Å². The predicted octanol–water partition coefficient (Wildman–Crippen LogP) is 5.67. The zero-order valence-electron chi connectivity index (χ0n) is 17.4. The first-order chi connectivity index (χ1) is 15.4. The van der Waals surface area contributed by atoms with Crippen LogP contribution in [0.3, 0.4) is 0 Å². The van der Waals surface area contributed by atoms with Crippen LogP contribution < -0.4 is 9.47 Å². The van der Waals surface area contributed by atoms with Crippen molar-refractivity contribution in [3.8, 4) is 11.5 Å². The number of aliphatic imine (C=N–C) groups is 1. The summed E-state index contributed by atoms with van der Waals surface area (Å²) >= 11 is 2.17. The summed E-state index contributed by atoms with van der Waals surface area (Å²) in [5.74, 6) is 0.199. The maximum atomic E-state index is 13.5. The molecule has 32 heavy (non-hydrogen) atoms. The fraction of sp³-hybridized carbons (Fsp3) is 0.120. The van der Waals surface area contributed by atoms with E-state index in [1.807, 2.05) is 31.2 Å². The summed E-state index contributed by atoms with van der Waals surface area (Å²) in [6.45, 7) is 2.44. The number of carbonyl (C=O) groups excluding carboxylic acids is 1. The van der Waals surface area contributed by atoms with Crippen molar-refractivity contribution in [2.24, 2.45) is 4.99 Å². The third-order valence-electron chi connectivity index (χ3n) is 4.71. The van der Waals surface area contributed by atoms with E-state index in [0.29, 0.717) is 29.2 Å². The van der Waals surface area contributed by atoms with Gasteiger partial charge < -0.3 is 14.2 Å². The number of methoxy groups -OCH3 is 1. The fourth-order valence-corrected chi connectivity index (χ4v) is 4.01. The van der Waals surface area contributed by atoms with Crippen molar-refractivity contribution in [3.63, 3.8) is 0 Å². The lowest BCUT2D eigenvalue weighted by molar-refractivity contribution is -0.129. The predicted molar refractivity (Wildman–Crippen MR) is 128 cm³/mol. The van der Waals surface area contributed by atoms with Crippen LogP contribution in [-0.2, 0) is 16.1 Å². The minimum absolute atomic E-state index is 0.0699. The highest BCUT2D eigenvalue weighted by atomic mass is 127. The zero-order chi connectivity index (χ0) is 22.7. The maximum Gasteiger partial charge on any atom is 0.363 e. The van der Waals surface area contributed by atoms with Crippen LogP contribution in [0.15, 0.2) is 71.4 Å². The van der Waals surface area contributed by atoms with Gasteiger partial charge >= 0.3 is 5.97 Å². The lowest BCUT2D eigenvalue weighted by Crippen LogP contribution is -2.05. The van der Waals surface area contributed by atoms with Crippen LogP contribution in [-0.4, -0.2) is 19.0 Å². The number of ether oxygens (including phenoxy) is 3. The van der Waals surface area contributed by atoms with E-state index < -0.39 is 11.8 Å². The van der Waals surface area contributed by atoms with E-state index in [9.17, 15) is 9.18 Å². The highest BCUT2D eigenvalue weighted by molar-refractivity contribution is 14.1. The minimum Gasteiger partial charge on any atom is -0.493 e. The molecule has 1 aliphatic heterocycles. The molecule has 7 heteroatoms. The van der Waals surface area contributed by atoms with Crippen LogP contribution in [0.5, 0.6) is 11.5 Å². The average molecular weight is 543 g/mol. The first-order valence-corrected chi connectivity index (χ1v) is 10.8. The van der Waals surface area contributed by atoms with Gasteiger partial charge in [-0.05, 0) is 77.0 Å². The quantitative estimate of drug-likeness (QED) is 0.229. The molecule has 3 aromatic carbocycles. The van der Waals surface area contributed by atoms with Gasteiger partial charge in [0.25, 0.3) is 0 Å². The van der Waals surface area contributed by atoms with Gasteiger partial charge in [0.15, 0.2) is 17.2 Å². The van der Waals surface area contributed by atoms with E-state index >= 15 is 0 Å². The van der Waals surface area contributed by atoms with E-state index in [1.54, 1.807) is 25.3 Å². The second-order valence-corrected chi connectivity index (χ2v) is 8.32. The third-order valence-corrected chi connectivity index (χ3v) is 5.51. The number of carbonyl (C=O) groups is 1. The molecule has 0 aromatic heterocycles. The Morgan fingerprint density at radius 1 is 1.12 bits per heavy atom. The molecule has 162 valence electrons. The summed E-state index contributed by atoms with van der Waals surface area (Å²) in [6.07, 6.45) is 1.60. The van der Waals surface area contributed by atoms with Gasteiger partial charge in [0.2, 0.25) is 5.90 Å². The molecule has 0 saturated heterocycles. The van der Waals surface area contributed by atoms with E-state index in [-0.39, 0.29) is 11.6 Å². The molecule has 0 atom stereocenters. The molecule has 0 unspecified atom stereocenters. The van der Waals surface area contributed by atoms with Gasteiger partial charge in [-0.2, -0.15) is 0 Å². The molecule has 1 aliphatic rings. The highest BCUT2D eigenvalue weighted by Gasteiger charge is 2.24. The smallest absolute Gasteiger partial charge is 0.363 e. The van der Waals surface area contributed by atoms with E-state index in [0.717, 1.165) is 14.7 Å². The van der Waals surface area contributed by atoms with Crippen molar-refractivity contribution >= 4 is 40.5 Å². The Morgan fingerprint density at radius 3 is 2.69 bits per heavy atom. The van der Waals surface area contributed by atoms with Crippen molar-refractivity contribution in [2.45, 2.75) is 13.5 Å². The molecule has 0 amide bonds. The van der Waals surface area contributed by atoms with Crippen molar-refractivity contribution in [2.75, 3.05) is 7.11 Å². The van der Waals surface area contributed by atoms with Crippen molar-refractivity contribution < 1.29 is 23.4 Å². The number of esters is 1. The van der Waals surface area contributed by atoms with E-state index in [2.05, 4.69) is 33.6 Å². The Morgan fingerprint density at radius 2 is 1.94 bits per heavy atom. The van der Waals surface area contributed by atoms with Gasteiger partial charge in [-0.3, -0.25) is 0 Å². The lowest BCUT2D eigenvalue weighted by atomic mass is 10.1. The van der Waals surface area contributed by atoms with E-state index in [1.165, 1.54) is 18.2 Å². The van der Waals surface area contributed by atoms with Crippen LogP contribution in [0.4, 0.5) is 4.39 Å². The number of cyclic esters (lactones) is 1. The second kappa shape index (κ2) is 9.52. The number of nitrogens with zero attached hydrogens (tertiary/aromatic N) is 1. The Labute approximate surface area is 198 Å². The second-order valence-electron chi connectivity index (χ2n) is 7.16. The first kappa shape index (κ1) is 22.0. The summed E-state index contributed by atoms with van der Waals surface area (Å²) in [6, 6.07) is 17.5.